The second-order valence-electron chi connectivity index (χ2n) is 4.06. The molecule has 0 saturated heterocycles. The highest BCUT2D eigenvalue weighted by Gasteiger charge is 2.16. The highest BCUT2D eigenvalue weighted by Crippen LogP contribution is 2.09. The third-order valence-corrected chi connectivity index (χ3v) is 1.93. The largest absolute Gasteiger partial charge is 0.368 e. The van der Waals surface area contributed by atoms with Gasteiger partial charge in [0.1, 0.15) is 0 Å². The molecule has 0 aliphatic carbocycles. The Balaban J connectivity index is 3.51. The Morgan fingerprint density at radius 3 is 2.25 bits per heavy atom. The van der Waals surface area contributed by atoms with Gasteiger partial charge in [-0.05, 0) is 34.7 Å². The molecular formula is C9H21NO2. The van der Waals surface area contributed by atoms with E-state index in [1.165, 1.54) is 0 Å². The summed E-state index contributed by atoms with van der Waals surface area (Å²) < 4.78 is 5.02. The van der Waals surface area contributed by atoms with Crippen molar-refractivity contribution in [2.75, 3.05) is 20.2 Å². The van der Waals surface area contributed by atoms with Gasteiger partial charge in [-0.3, -0.25) is 4.90 Å². The predicted octanol–water partition coefficient (Wildman–Crippen LogP) is 1.07. The Labute approximate surface area is 75.3 Å². The van der Waals surface area contributed by atoms with Crippen molar-refractivity contribution >= 4 is 0 Å². The molecule has 0 aliphatic rings. The number of ether oxygens (including phenoxy) is 1. The van der Waals surface area contributed by atoms with Gasteiger partial charge in [-0.1, -0.05) is 0 Å². The summed E-state index contributed by atoms with van der Waals surface area (Å²) >= 11 is 0. The Morgan fingerprint density at radius 1 is 1.42 bits per heavy atom. The van der Waals surface area contributed by atoms with Crippen molar-refractivity contribution in [2.24, 2.45) is 0 Å². The van der Waals surface area contributed by atoms with Crippen molar-refractivity contribution in [1.29, 1.82) is 0 Å². The second kappa shape index (κ2) is 4.80. The standard InChI is InChI=1S/C9H21NO2/c1-8(11)12-7-6-10(5)9(2,3)4/h8,11H,6-7H2,1-5H3. The number of hydrogen-bond donors (Lipinski definition) is 1. The average Bonchev–Trinajstić information content (AvgIpc) is 1.84. The highest BCUT2D eigenvalue weighted by molar-refractivity contribution is 4.72. The van der Waals surface area contributed by atoms with Crippen LogP contribution in [0.25, 0.3) is 0 Å². The maximum absolute atomic E-state index is 8.83. The minimum atomic E-state index is -0.654. The van der Waals surface area contributed by atoms with Crippen LogP contribution >= 0.6 is 0 Å². The summed E-state index contributed by atoms with van der Waals surface area (Å²) in [5, 5.41) is 8.83. The molecule has 0 fully saturated rings. The summed E-state index contributed by atoms with van der Waals surface area (Å²) in [6.45, 7) is 9.48. The summed E-state index contributed by atoms with van der Waals surface area (Å²) in [6.07, 6.45) is -0.654. The lowest BCUT2D eigenvalue weighted by Gasteiger charge is -2.31. The number of rotatable bonds is 4. The molecule has 0 rings (SSSR count). The van der Waals surface area contributed by atoms with Crippen LogP contribution in [0.2, 0.25) is 0 Å². The zero-order chi connectivity index (χ0) is 9.78. The Kier molecular flexibility index (Phi) is 4.75. The molecule has 0 heterocycles. The first-order valence-electron chi connectivity index (χ1n) is 4.35. The number of aliphatic hydroxyl groups is 1. The van der Waals surface area contributed by atoms with Crippen LogP contribution in [0.1, 0.15) is 27.7 Å². The van der Waals surface area contributed by atoms with Gasteiger partial charge < -0.3 is 9.84 Å². The third kappa shape index (κ3) is 5.52. The predicted molar refractivity (Wildman–Crippen MR) is 50.0 cm³/mol. The quantitative estimate of drug-likeness (QED) is 0.649. The van der Waals surface area contributed by atoms with Gasteiger partial charge in [-0.25, -0.2) is 0 Å². The fourth-order valence-corrected chi connectivity index (χ4v) is 0.696. The monoisotopic (exact) mass is 175 g/mol. The van der Waals surface area contributed by atoms with E-state index in [-0.39, 0.29) is 5.54 Å². The van der Waals surface area contributed by atoms with E-state index in [1.807, 2.05) is 7.05 Å². The molecule has 0 spiro atoms. The Morgan fingerprint density at radius 2 is 1.92 bits per heavy atom. The van der Waals surface area contributed by atoms with Crippen LogP contribution in [0, 0.1) is 0 Å². The second-order valence-corrected chi connectivity index (χ2v) is 4.06. The van der Waals surface area contributed by atoms with E-state index in [4.69, 9.17) is 9.84 Å². The molecule has 0 amide bonds. The van der Waals surface area contributed by atoms with Crippen LogP contribution in [-0.2, 0) is 4.74 Å². The number of hydrogen-bond acceptors (Lipinski definition) is 3. The van der Waals surface area contributed by atoms with E-state index in [9.17, 15) is 0 Å². The van der Waals surface area contributed by atoms with Crippen LogP contribution in [0.5, 0.6) is 0 Å². The first-order chi connectivity index (χ1) is 5.34. The molecule has 1 N–H and O–H groups in total. The molecule has 0 aromatic carbocycles. The van der Waals surface area contributed by atoms with Crippen LogP contribution in [0.15, 0.2) is 0 Å². The minimum Gasteiger partial charge on any atom is -0.368 e. The van der Waals surface area contributed by atoms with Crippen molar-refractivity contribution in [3.05, 3.63) is 0 Å². The molecule has 74 valence electrons. The van der Waals surface area contributed by atoms with Gasteiger partial charge in [0.25, 0.3) is 0 Å². The molecule has 3 heteroatoms. The summed E-state index contributed by atoms with van der Waals surface area (Å²) in [5.74, 6) is 0. The molecule has 3 nitrogen and oxygen atoms in total. The molecule has 0 aromatic rings. The van der Waals surface area contributed by atoms with Crippen molar-refractivity contribution < 1.29 is 9.84 Å². The Bertz CT molecular complexity index is 118. The zero-order valence-corrected chi connectivity index (χ0v) is 8.79. The summed E-state index contributed by atoms with van der Waals surface area (Å²) in [5.41, 5.74) is 0.169. The fraction of sp³-hybridized carbons (Fsp3) is 1.00. The van der Waals surface area contributed by atoms with Gasteiger partial charge in [0.2, 0.25) is 0 Å². The minimum absolute atomic E-state index is 0.169. The maximum atomic E-state index is 8.83. The van der Waals surface area contributed by atoms with Gasteiger partial charge in [-0.2, -0.15) is 0 Å². The smallest absolute Gasteiger partial charge is 0.151 e. The van der Waals surface area contributed by atoms with Gasteiger partial charge in [0.15, 0.2) is 6.29 Å². The Hall–Kier alpha value is -0.120. The van der Waals surface area contributed by atoms with E-state index in [0.29, 0.717) is 6.61 Å². The summed E-state index contributed by atoms with van der Waals surface area (Å²) in [4.78, 5) is 2.19. The van der Waals surface area contributed by atoms with Gasteiger partial charge in [0, 0.05) is 12.1 Å². The van der Waals surface area contributed by atoms with Crippen molar-refractivity contribution in [1.82, 2.24) is 4.90 Å². The van der Waals surface area contributed by atoms with Crippen LogP contribution in [-0.4, -0.2) is 42.0 Å². The normalized spacial score (nSPS) is 15.2. The molecular weight excluding hydrogens is 154 g/mol. The zero-order valence-electron chi connectivity index (χ0n) is 8.79. The summed E-state index contributed by atoms with van der Waals surface area (Å²) in [6, 6.07) is 0. The SMILES string of the molecule is CC(O)OCCN(C)C(C)(C)C. The number of aliphatic hydroxyl groups excluding tert-OH is 1. The van der Waals surface area contributed by atoms with E-state index >= 15 is 0 Å². The van der Waals surface area contributed by atoms with Crippen LogP contribution in [0.4, 0.5) is 0 Å². The van der Waals surface area contributed by atoms with Gasteiger partial charge in [-0.15, -0.1) is 0 Å². The van der Waals surface area contributed by atoms with Crippen molar-refractivity contribution in [3.63, 3.8) is 0 Å². The number of nitrogens with zero attached hydrogens (tertiary/aromatic N) is 1. The lowest BCUT2D eigenvalue weighted by atomic mass is 10.1. The first kappa shape index (κ1) is 11.9. The van der Waals surface area contributed by atoms with Crippen molar-refractivity contribution in [3.8, 4) is 0 Å². The molecule has 0 bridgehead atoms. The molecule has 1 unspecified atom stereocenters. The maximum Gasteiger partial charge on any atom is 0.151 e. The third-order valence-electron chi connectivity index (χ3n) is 1.93. The molecule has 0 saturated carbocycles. The molecule has 0 radical (unpaired) electrons. The van der Waals surface area contributed by atoms with Gasteiger partial charge in [0.05, 0.1) is 6.61 Å². The van der Waals surface area contributed by atoms with E-state index in [1.54, 1.807) is 6.92 Å². The van der Waals surface area contributed by atoms with Crippen LogP contribution < -0.4 is 0 Å². The fourth-order valence-electron chi connectivity index (χ4n) is 0.696. The highest BCUT2D eigenvalue weighted by atomic mass is 16.6. The molecule has 0 aliphatic heterocycles. The lowest BCUT2D eigenvalue weighted by molar-refractivity contribution is -0.0915. The van der Waals surface area contributed by atoms with E-state index in [2.05, 4.69) is 25.7 Å². The van der Waals surface area contributed by atoms with E-state index < -0.39 is 6.29 Å². The van der Waals surface area contributed by atoms with Gasteiger partial charge >= 0.3 is 0 Å². The molecule has 0 aromatic heterocycles. The topological polar surface area (TPSA) is 32.7 Å². The molecule has 12 heavy (non-hydrogen) atoms. The molecule has 1 atom stereocenters. The van der Waals surface area contributed by atoms with Crippen LogP contribution in [0.3, 0.4) is 0 Å². The number of likely N-dealkylation sites (N-methyl/N-ethyl adjacent to an activating group) is 1. The summed E-state index contributed by atoms with van der Waals surface area (Å²) in [7, 11) is 2.05. The van der Waals surface area contributed by atoms with E-state index in [0.717, 1.165) is 6.54 Å². The average molecular weight is 175 g/mol. The lowest BCUT2D eigenvalue weighted by Crippen LogP contribution is -2.40. The van der Waals surface area contributed by atoms with Crippen molar-refractivity contribution in [2.45, 2.75) is 39.5 Å². The first-order valence-corrected chi connectivity index (χ1v) is 4.35.